The van der Waals surface area contributed by atoms with Crippen molar-refractivity contribution in [3.8, 4) is 46.0 Å². The van der Waals surface area contributed by atoms with Gasteiger partial charge >= 0.3 is 0 Å². The summed E-state index contributed by atoms with van der Waals surface area (Å²) in [5.41, 5.74) is 6.66. The van der Waals surface area contributed by atoms with Crippen molar-refractivity contribution in [2.24, 2.45) is 0 Å². The number of nitrogens with zero attached hydrogens (tertiary/aromatic N) is 2. The predicted molar refractivity (Wildman–Crippen MR) is 172 cm³/mol. The summed E-state index contributed by atoms with van der Waals surface area (Å²) in [6.07, 6.45) is 3.16. The number of aromatic hydroxyl groups is 2. The van der Waals surface area contributed by atoms with Gasteiger partial charge < -0.3 is 46.1 Å². The van der Waals surface area contributed by atoms with Gasteiger partial charge in [0.25, 0.3) is 0 Å². The highest BCUT2D eigenvalue weighted by Crippen LogP contribution is 2.51. The molecule has 2 N–H and O–H groups in total. The second-order valence-electron chi connectivity index (χ2n) is 13.1. The zero-order valence-electron chi connectivity index (χ0n) is 27.0. The van der Waals surface area contributed by atoms with E-state index in [0.717, 1.165) is 49.0 Å². The van der Waals surface area contributed by atoms with E-state index in [1.807, 2.05) is 30.3 Å². The SMILES string of the molecule is COc1cc2c3cc1Oc1cc(ccc1O)CC1c4c(cc(OC)c(O)c4Oc4ccc(cc4)CC3N(C)CC2)CC[N+]1(C)C.[Cl-]. The van der Waals surface area contributed by atoms with Crippen molar-refractivity contribution in [1.82, 2.24) is 4.90 Å². The van der Waals surface area contributed by atoms with Crippen LogP contribution in [0.4, 0.5) is 0 Å². The first-order valence-electron chi connectivity index (χ1n) is 15.6. The molecule has 46 heavy (non-hydrogen) atoms. The molecule has 4 aliphatic heterocycles. The molecule has 8 rings (SSSR count). The number of likely N-dealkylation sites (N-methyl/N-ethyl adjacent to an activating group) is 2. The zero-order valence-corrected chi connectivity index (χ0v) is 27.7. The highest BCUT2D eigenvalue weighted by atomic mass is 35.5. The van der Waals surface area contributed by atoms with Gasteiger partial charge in [0.15, 0.2) is 34.5 Å². The normalized spacial score (nSPS) is 19.8. The molecule has 4 aromatic rings. The molecule has 4 aromatic carbocycles. The number of quaternary nitrogens is 1. The molecule has 0 saturated carbocycles. The molecule has 4 heterocycles. The number of phenolic OH excluding ortho intramolecular Hbond substituents is 2. The van der Waals surface area contributed by atoms with Gasteiger partial charge in [-0.25, -0.2) is 0 Å². The van der Waals surface area contributed by atoms with Crippen molar-refractivity contribution < 1.29 is 46.1 Å². The largest absolute Gasteiger partial charge is 1.00 e. The van der Waals surface area contributed by atoms with Gasteiger partial charge in [-0.05, 0) is 90.2 Å². The van der Waals surface area contributed by atoms with E-state index in [-0.39, 0.29) is 36.0 Å². The maximum atomic E-state index is 11.5. The molecule has 0 aliphatic carbocycles. The number of hydrogen-bond donors (Lipinski definition) is 2. The van der Waals surface area contributed by atoms with Gasteiger partial charge in [0.1, 0.15) is 11.8 Å². The third-order valence-corrected chi connectivity index (χ3v) is 9.99. The zero-order chi connectivity index (χ0) is 31.5. The Morgan fingerprint density at radius 3 is 2.26 bits per heavy atom. The Hall–Kier alpha value is -4.11. The van der Waals surface area contributed by atoms with E-state index in [1.54, 1.807) is 20.3 Å². The van der Waals surface area contributed by atoms with Crippen LogP contribution in [0.25, 0.3) is 0 Å². The van der Waals surface area contributed by atoms with Crippen LogP contribution in [0, 0.1) is 0 Å². The summed E-state index contributed by atoms with van der Waals surface area (Å²) in [5.74, 6) is 3.14. The number of methoxy groups -OCH3 is 2. The van der Waals surface area contributed by atoms with Crippen LogP contribution in [-0.4, -0.2) is 68.0 Å². The minimum absolute atomic E-state index is 0. The van der Waals surface area contributed by atoms with E-state index in [9.17, 15) is 10.2 Å². The van der Waals surface area contributed by atoms with Crippen LogP contribution in [0.3, 0.4) is 0 Å². The molecule has 2 atom stereocenters. The van der Waals surface area contributed by atoms with Gasteiger partial charge in [0.05, 0.1) is 40.4 Å². The van der Waals surface area contributed by atoms with Gasteiger partial charge in [0, 0.05) is 25.4 Å². The summed E-state index contributed by atoms with van der Waals surface area (Å²) in [5, 5.41) is 22.4. The second-order valence-corrected chi connectivity index (χ2v) is 13.1. The minimum Gasteiger partial charge on any atom is -1.00 e. The van der Waals surface area contributed by atoms with E-state index in [0.29, 0.717) is 45.4 Å². The van der Waals surface area contributed by atoms with Crippen LogP contribution in [0.2, 0.25) is 0 Å². The fourth-order valence-corrected chi connectivity index (χ4v) is 7.27. The molecular formula is C37H41ClN2O6. The first kappa shape index (κ1) is 31.9. The molecule has 2 unspecified atom stereocenters. The second kappa shape index (κ2) is 12.2. The summed E-state index contributed by atoms with van der Waals surface area (Å²) in [6, 6.07) is 19.9. The Morgan fingerprint density at radius 2 is 1.52 bits per heavy atom. The van der Waals surface area contributed by atoms with Crippen LogP contribution in [0.5, 0.6) is 46.0 Å². The first-order valence-corrected chi connectivity index (χ1v) is 15.6. The number of fused-ring (bicyclic) bond motifs is 2. The number of halogens is 1. The molecule has 0 radical (unpaired) electrons. The summed E-state index contributed by atoms with van der Waals surface area (Å²) >= 11 is 0. The number of benzene rings is 4. The van der Waals surface area contributed by atoms with Crippen LogP contribution < -0.4 is 31.4 Å². The van der Waals surface area contributed by atoms with Gasteiger partial charge in [-0.3, -0.25) is 4.90 Å². The summed E-state index contributed by atoms with van der Waals surface area (Å²) < 4.78 is 25.2. The van der Waals surface area contributed by atoms with Crippen molar-refractivity contribution in [3.63, 3.8) is 0 Å². The Kier molecular flexibility index (Phi) is 8.48. The monoisotopic (exact) mass is 644 g/mol. The molecule has 242 valence electrons. The van der Waals surface area contributed by atoms with E-state index in [4.69, 9.17) is 18.9 Å². The fraction of sp³-hybridized carbons (Fsp3) is 0.351. The van der Waals surface area contributed by atoms with Crippen molar-refractivity contribution in [2.45, 2.75) is 37.8 Å². The van der Waals surface area contributed by atoms with E-state index < -0.39 is 0 Å². The van der Waals surface area contributed by atoms with Crippen molar-refractivity contribution >= 4 is 0 Å². The lowest BCUT2D eigenvalue weighted by Crippen LogP contribution is -3.00. The summed E-state index contributed by atoms with van der Waals surface area (Å²) in [7, 11) is 9.80. The molecular weight excluding hydrogens is 604 g/mol. The Bertz CT molecular complexity index is 1770. The predicted octanol–water partition coefficient (Wildman–Crippen LogP) is 3.71. The summed E-state index contributed by atoms with van der Waals surface area (Å²) in [6.45, 7) is 1.84. The van der Waals surface area contributed by atoms with Gasteiger partial charge in [-0.1, -0.05) is 18.2 Å². The lowest BCUT2D eigenvalue weighted by molar-refractivity contribution is -0.923. The fourth-order valence-electron chi connectivity index (χ4n) is 7.27. The Balaban J connectivity index is 0.00000372. The van der Waals surface area contributed by atoms with Crippen LogP contribution in [0.1, 0.15) is 45.5 Å². The molecule has 4 aliphatic rings. The van der Waals surface area contributed by atoms with Gasteiger partial charge in [-0.15, -0.1) is 0 Å². The molecule has 0 spiro atoms. The Morgan fingerprint density at radius 1 is 0.804 bits per heavy atom. The van der Waals surface area contributed by atoms with Crippen LogP contribution in [-0.2, 0) is 25.7 Å². The maximum absolute atomic E-state index is 11.5. The maximum Gasteiger partial charge on any atom is 0.201 e. The standard InChI is InChI=1S/C37H40N2O6.ClH/c1-38-14-12-24-19-32(42-4)33-21-27(24)28(38)16-22-6-9-26(10-7-22)44-37-35-25(20-34(43-5)36(37)41)13-15-39(2,3)29(35)17-23-8-11-30(40)31(18-23)45-33;/h6-11,18-21,28-29H,12-17H2,1-5H3,(H-,40,41);1H. The third-order valence-electron chi connectivity index (χ3n) is 9.99. The highest BCUT2D eigenvalue weighted by molar-refractivity contribution is 5.61. The Labute approximate surface area is 276 Å². The molecule has 6 bridgehead atoms. The van der Waals surface area contributed by atoms with Crippen LogP contribution >= 0.6 is 0 Å². The number of rotatable bonds is 2. The lowest BCUT2D eigenvalue weighted by atomic mass is 9.86. The minimum atomic E-state index is -0.0503. The number of hydrogen-bond acceptors (Lipinski definition) is 7. The van der Waals surface area contributed by atoms with Crippen molar-refractivity contribution in [1.29, 1.82) is 0 Å². The van der Waals surface area contributed by atoms with Crippen LogP contribution in [0.15, 0.2) is 60.7 Å². The molecule has 0 amide bonds. The molecule has 0 fully saturated rings. The quantitative estimate of drug-likeness (QED) is 0.322. The molecule has 9 heteroatoms. The van der Waals surface area contributed by atoms with E-state index >= 15 is 0 Å². The summed E-state index contributed by atoms with van der Waals surface area (Å²) in [4.78, 5) is 2.38. The van der Waals surface area contributed by atoms with Gasteiger partial charge in [-0.2, -0.15) is 0 Å². The first-order chi connectivity index (χ1) is 21.6. The molecule has 0 saturated heterocycles. The van der Waals surface area contributed by atoms with E-state index in [2.05, 4.69) is 50.3 Å². The average molecular weight is 645 g/mol. The van der Waals surface area contributed by atoms with E-state index in [1.165, 1.54) is 16.7 Å². The van der Waals surface area contributed by atoms with Gasteiger partial charge in [0.2, 0.25) is 5.75 Å². The van der Waals surface area contributed by atoms with Crippen molar-refractivity contribution in [2.75, 3.05) is 48.5 Å². The average Bonchev–Trinajstić information content (AvgIpc) is 3.03. The number of phenols is 2. The molecule has 8 nitrogen and oxygen atoms in total. The highest BCUT2D eigenvalue weighted by Gasteiger charge is 2.41. The third kappa shape index (κ3) is 5.59. The van der Waals surface area contributed by atoms with Crippen molar-refractivity contribution in [3.05, 3.63) is 94.0 Å². The number of ether oxygens (including phenoxy) is 4. The smallest absolute Gasteiger partial charge is 0.201 e. The topological polar surface area (TPSA) is 80.6 Å². The molecule has 0 aromatic heterocycles. The lowest BCUT2D eigenvalue weighted by Gasteiger charge is -2.43.